The van der Waals surface area contributed by atoms with Crippen LogP contribution in [0.15, 0.2) is 91.0 Å². The SMILES string of the molecule is COC(=O)CCC(=O)C(CS)NC(=O)CCC(NC(=O)CCCC[P+](c1ccccc1)(c1ccccc1)c1ccccc1)C(=O)OC. The summed E-state index contributed by atoms with van der Waals surface area (Å²) in [5, 5.41) is 9.14. The highest BCUT2D eigenvalue weighted by Crippen LogP contribution is 2.55. The molecule has 3 rings (SSSR count). The molecule has 0 radical (unpaired) electrons. The monoisotopic (exact) mass is 679 g/mol. The molecule has 2 N–H and O–H groups in total. The van der Waals surface area contributed by atoms with Gasteiger partial charge in [0.15, 0.2) is 5.78 Å². The number of ketones is 1. The van der Waals surface area contributed by atoms with E-state index in [1.807, 2.05) is 18.2 Å². The molecule has 2 atom stereocenters. The fourth-order valence-corrected chi connectivity index (χ4v) is 10.2. The first-order chi connectivity index (χ1) is 22.7. The number of carbonyl (C=O) groups excluding carboxylic acids is 5. The van der Waals surface area contributed by atoms with Crippen molar-refractivity contribution in [2.24, 2.45) is 0 Å². The molecule has 3 aromatic rings. The molecule has 11 heteroatoms. The summed E-state index contributed by atoms with van der Waals surface area (Å²) >= 11 is 4.14. The minimum atomic E-state index is -2.02. The van der Waals surface area contributed by atoms with Crippen LogP contribution >= 0.6 is 19.9 Å². The van der Waals surface area contributed by atoms with Crippen LogP contribution in [-0.4, -0.2) is 67.8 Å². The Morgan fingerprint density at radius 2 is 1.13 bits per heavy atom. The summed E-state index contributed by atoms with van der Waals surface area (Å²) in [4.78, 5) is 61.9. The molecule has 0 saturated heterocycles. The average molecular weight is 680 g/mol. The van der Waals surface area contributed by atoms with E-state index >= 15 is 0 Å². The Hall–Kier alpha value is -4.01. The van der Waals surface area contributed by atoms with Crippen LogP contribution in [-0.2, 0) is 33.4 Å². The highest BCUT2D eigenvalue weighted by atomic mass is 32.1. The first-order valence-corrected chi connectivity index (χ1v) is 18.3. The lowest BCUT2D eigenvalue weighted by atomic mass is 10.1. The van der Waals surface area contributed by atoms with Crippen LogP contribution in [0, 0.1) is 0 Å². The number of methoxy groups -OCH3 is 2. The van der Waals surface area contributed by atoms with Gasteiger partial charge in [0.05, 0.1) is 32.8 Å². The molecular formula is C36H44N2O7PS+. The van der Waals surface area contributed by atoms with Gasteiger partial charge in [-0.2, -0.15) is 12.6 Å². The second-order valence-electron chi connectivity index (χ2n) is 11.0. The molecule has 3 aromatic carbocycles. The molecule has 0 saturated carbocycles. The molecule has 0 heterocycles. The molecular weight excluding hydrogens is 635 g/mol. The Labute approximate surface area is 282 Å². The van der Waals surface area contributed by atoms with Crippen LogP contribution in [0.1, 0.15) is 44.9 Å². The number of amides is 2. The minimum Gasteiger partial charge on any atom is -0.469 e. The van der Waals surface area contributed by atoms with Gasteiger partial charge in [-0.25, -0.2) is 4.79 Å². The van der Waals surface area contributed by atoms with Crippen molar-refractivity contribution in [1.82, 2.24) is 10.6 Å². The molecule has 250 valence electrons. The van der Waals surface area contributed by atoms with Gasteiger partial charge in [-0.1, -0.05) is 54.6 Å². The predicted octanol–water partition coefficient (Wildman–Crippen LogP) is 3.53. The summed E-state index contributed by atoms with van der Waals surface area (Å²) in [6.07, 6.45) is 2.12. The second-order valence-corrected chi connectivity index (χ2v) is 15.0. The van der Waals surface area contributed by atoms with E-state index in [9.17, 15) is 24.0 Å². The van der Waals surface area contributed by atoms with Crippen molar-refractivity contribution in [3.63, 3.8) is 0 Å². The zero-order valence-electron chi connectivity index (χ0n) is 26.9. The fourth-order valence-electron chi connectivity index (χ4n) is 5.45. The third kappa shape index (κ3) is 11.0. The lowest BCUT2D eigenvalue weighted by Gasteiger charge is -2.27. The van der Waals surface area contributed by atoms with Gasteiger partial charge < -0.3 is 20.1 Å². The van der Waals surface area contributed by atoms with Crippen LogP contribution < -0.4 is 26.5 Å². The first-order valence-electron chi connectivity index (χ1n) is 15.7. The largest absolute Gasteiger partial charge is 0.469 e. The van der Waals surface area contributed by atoms with Crippen molar-refractivity contribution in [3.8, 4) is 0 Å². The molecule has 0 fully saturated rings. The summed E-state index contributed by atoms with van der Waals surface area (Å²) in [7, 11) is 0.435. The molecule has 0 aliphatic heterocycles. The quantitative estimate of drug-likeness (QED) is 0.0766. The van der Waals surface area contributed by atoms with Crippen LogP contribution in [0.2, 0.25) is 0 Å². The first kappa shape index (κ1) is 37.4. The zero-order chi connectivity index (χ0) is 34.1. The molecule has 2 amide bonds. The number of unbranched alkanes of at least 4 members (excludes halogenated alkanes) is 1. The number of rotatable bonds is 19. The van der Waals surface area contributed by atoms with Crippen LogP contribution in [0.3, 0.4) is 0 Å². The maximum atomic E-state index is 13.0. The molecule has 0 aliphatic carbocycles. The van der Waals surface area contributed by atoms with Crippen molar-refractivity contribution >= 4 is 65.3 Å². The van der Waals surface area contributed by atoms with Gasteiger partial charge in [0, 0.05) is 25.0 Å². The number of esters is 2. The molecule has 9 nitrogen and oxygen atoms in total. The summed E-state index contributed by atoms with van der Waals surface area (Å²) in [6.45, 7) is 0. The van der Waals surface area contributed by atoms with Gasteiger partial charge in [-0.15, -0.1) is 0 Å². The molecule has 2 unspecified atom stereocenters. The van der Waals surface area contributed by atoms with Gasteiger partial charge in [0.2, 0.25) is 11.8 Å². The average Bonchev–Trinajstić information content (AvgIpc) is 3.12. The minimum absolute atomic E-state index is 0.00937. The Kier molecular flexibility index (Phi) is 15.6. The highest BCUT2D eigenvalue weighted by Gasteiger charge is 2.44. The van der Waals surface area contributed by atoms with E-state index in [0.29, 0.717) is 6.42 Å². The molecule has 0 spiro atoms. The number of hydrogen-bond donors (Lipinski definition) is 3. The number of ether oxygens (including phenoxy) is 2. The number of Topliss-reactive ketones (excluding diaryl/α,β-unsaturated/α-hetero) is 1. The third-order valence-corrected chi connectivity index (χ3v) is 12.8. The third-order valence-electron chi connectivity index (χ3n) is 7.93. The van der Waals surface area contributed by atoms with Gasteiger partial charge in [-0.3, -0.25) is 19.2 Å². The fraction of sp³-hybridized carbons (Fsp3) is 0.361. The van der Waals surface area contributed by atoms with Crippen molar-refractivity contribution in [2.75, 3.05) is 26.1 Å². The van der Waals surface area contributed by atoms with E-state index in [1.54, 1.807) is 0 Å². The molecule has 47 heavy (non-hydrogen) atoms. The van der Waals surface area contributed by atoms with E-state index in [1.165, 1.54) is 30.1 Å². The van der Waals surface area contributed by atoms with Crippen molar-refractivity contribution in [1.29, 1.82) is 0 Å². The van der Waals surface area contributed by atoms with Crippen LogP contribution in [0.4, 0.5) is 0 Å². The van der Waals surface area contributed by atoms with Crippen LogP contribution in [0.5, 0.6) is 0 Å². The van der Waals surface area contributed by atoms with Crippen molar-refractivity contribution < 1.29 is 33.4 Å². The number of benzene rings is 3. The zero-order valence-corrected chi connectivity index (χ0v) is 28.7. The summed E-state index contributed by atoms with van der Waals surface area (Å²) in [6, 6.07) is 29.7. The van der Waals surface area contributed by atoms with E-state index in [2.05, 4.69) is 101 Å². The van der Waals surface area contributed by atoms with Gasteiger partial charge in [0.25, 0.3) is 0 Å². The predicted molar refractivity (Wildman–Crippen MR) is 189 cm³/mol. The lowest BCUT2D eigenvalue weighted by Crippen LogP contribution is -2.45. The number of nitrogens with one attached hydrogen (secondary N) is 2. The summed E-state index contributed by atoms with van der Waals surface area (Å²) in [5.74, 6) is -2.28. The standard InChI is InChI=1S/C36H43N2O7PS/c1-44-35(42)24-22-32(39)31(26-47)38-34(41)23-21-30(36(43)45-2)37-33(40)20-12-13-25-46(27-14-6-3-7-15-27,28-16-8-4-9-17-28)29-18-10-5-11-19-29/h3-11,14-19,30-31H,12-13,20-26H2,1-2H3,(H2-,37,38,40,41,47)/p+1. The Morgan fingerprint density at radius 1 is 0.638 bits per heavy atom. The number of hydrogen-bond acceptors (Lipinski definition) is 8. The topological polar surface area (TPSA) is 128 Å². The lowest BCUT2D eigenvalue weighted by molar-refractivity contribution is -0.145. The number of thiol groups is 1. The van der Waals surface area contributed by atoms with Crippen molar-refractivity contribution in [2.45, 2.75) is 57.0 Å². The highest BCUT2D eigenvalue weighted by molar-refractivity contribution is 7.95. The Balaban J connectivity index is 1.61. The van der Waals surface area contributed by atoms with E-state index < -0.39 is 37.2 Å². The van der Waals surface area contributed by atoms with Gasteiger partial charge in [0.1, 0.15) is 29.2 Å². The van der Waals surface area contributed by atoms with Crippen LogP contribution in [0.25, 0.3) is 0 Å². The van der Waals surface area contributed by atoms with Gasteiger partial charge in [-0.05, 0) is 55.7 Å². The normalized spacial score (nSPS) is 12.3. The number of carbonyl (C=O) groups is 5. The van der Waals surface area contributed by atoms with E-state index in [-0.39, 0.29) is 49.5 Å². The molecule has 0 bridgehead atoms. The smallest absolute Gasteiger partial charge is 0.328 e. The van der Waals surface area contributed by atoms with E-state index in [0.717, 1.165) is 12.6 Å². The summed E-state index contributed by atoms with van der Waals surface area (Å²) in [5.41, 5.74) is 0. The molecule has 0 aliphatic rings. The summed E-state index contributed by atoms with van der Waals surface area (Å²) < 4.78 is 9.43. The van der Waals surface area contributed by atoms with Gasteiger partial charge >= 0.3 is 11.9 Å². The maximum absolute atomic E-state index is 13.0. The Morgan fingerprint density at radius 3 is 1.60 bits per heavy atom. The van der Waals surface area contributed by atoms with Crippen molar-refractivity contribution in [3.05, 3.63) is 91.0 Å². The molecule has 0 aromatic heterocycles. The second kappa shape index (κ2) is 19.6. The Bertz CT molecular complexity index is 1360. The maximum Gasteiger partial charge on any atom is 0.328 e. The van der Waals surface area contributed by atoms with E-state index in [4.69, 9.17) is 4.74 Å².